The van der Waals surface area contributed by atoms with Crippen LogP contribution in [0.2, 0.25) is 0 Å². The summed E-state index contributed by atoms with van der Waals surface area (Å²) >= 11 is 0. The standard InChI is InChI=1S/C11H20N2O/c1-2-4-10(5-3-1)6-13-11(14-9-10)7-12-8-11/h12-13H,1-9H2. The summed E-state index contributed by atoms with van der Waals surface area (Å²) in [5.41, 5.74) is 0.502. The number of rotatable bonds is 0. The van der Waals surface area contributed by atoms with Crippen molar-refractivity contribution in [3.05, 3.63) is 0 Å². The van der Waals surface area contributed by atoms with Gasteiger partial charge < -0.3 is 10.1 Å². The van der Waals surface area contributed by atoms with E-state index in [1.165, 1.54) is 38.6 Å². The molecule has 14 heavy (non-hydrogen) atoms. The minimum atomic E-state index is 0.0166. The molecule has 1 saturated carbocycles. The minimum Gasteiger partial charge on any atom is -0.357 e. The normalized spacial score (nSPS) is 34.3. The first-order chi connectivity index (χ1) is 6.83. The Morgan fingerprint density at radius 1 is 0.929 bits per heavy atom. The summed E-state index contributed by atoms with van der Waals surface area (Å²) in [4.78, 5) is 0. The van der Waals surface area contributed by atoms with E-state index in [0.717, 1.165) is 19.7 Å². The molecule has 2 aliphatic heterocycles. The van der Waals surface area contributed by atoms with E-state index in [-0.39, 0.29) is 5.72 Å². The highest BCUT2D eigenvalue weighted by molar-refractivity contribution is 4.99. The van der Waals surface area contributed by atoms with Crippen molar-refractivity contribution in [3.63, 3.8) is 0 Å². The van der Waals surface area contributed by atoms with Gasteiger partial charge in [0.1, 0.15) is 5.72 Å². The first-order valence-electron chi connectivity index (χ1n) is 5.92. The van der Waals surface area contributed by atoms with E-state index < -0.39 is 0 Å². The highest BCUT2D eigenvalue weighted by Crippen LogP contribution is 2.39. The van der Waals surface area contributed by atoms with Crippen LogP contribution < -0.4 is 10.6 Å². The van der Waals surface area contributed by atoms with Gasteiger partial charge >= 0.3 is 0 Å². The first-order valence-corrected chi connectivity index (χ1v) is 5.92. The fraction of sp³-hybridized carbons (Fsp3) is 1.00. The highest BCUT2D eigenvalue weighted by atomic mass is 16.5. The van der Waals surface area contributed by atoms with E-state index in [1.807, 2.05) is 0 Å². The molecule has 0 aromatic rings. The van der Waals surface area contributed by atoms with Gasteiger partial charge in [-0.1, -0.05) is 19.3 Å². The van der Waals surface area contributed by atoms with E-state index in [9.17, 15) is 0 Å². The summed E-state index contributed by atoms with van der Waals surface area (Å²) in [5, 5.41) is 6.88. The SMILES string of the molecule is C1CCC2(CC1)CNC1(CNC1)OC2. The van der Waals surface area contributed by atoms with Gasteiger partial charge in [0, 0.05) is 25.0 Å². The molecule has 1 aliphatic carbocycles. The molecule has 2 saturated heterocycles. The van der Waals surface area contributed by atoms with Gasteiger partial charge in [0.25, 0.3) is 0 Å². The van der Waals surface area contributed by atoms with Crippen LogP contribution in [0.4, 0.5) is 0 Å². The van der Waals surface area contributed by atoms with Crippen molar-refractivity contribution in [1.29, 1.82) is 0 Å². The molecule has 0 atom stereocenters. The zero-order valence-corrected chi connectivity index (χ0v) is 8.77. The smallest absolute Gasteiger partial charge is 0.144 e. The second-order valence-electron chi connectivity index (χ2n) is 5.30. The van der Waals surface area contributed by atoms with Crippen LogP contribution in [0.15, 0.2) is 0 Å². The predicted octanol–water partition coefficient (Wildman–Crippen LogP) is 0.856. The molecule has 0 aromatic heterocycles. The molecule has 2 heterocycles. The van der Waals surface area contributed by atoms with Crippen molar-refractivity contribution in [1.82, 2.24) is 10.6 Å². The Balaban J connectivity index is 1.63. The first kappa shape index (κ1) is 9.13. The van der Waals surface area contributed by atoms with E-state index in [2.05, 4.69) is 10.6 Å². The Morgan fingerprint density at radius 2 is 1.71 bits per heavy atom. The third-order valence-corrected chi connectivity index (χ3v) is 4.18. The maximum Gasteiger partial charge on any atom is 0.144 e. The van der Waals surface area contributed by atoms with Crippen molar-refractivity contribution in [2.24, 2.45) is 5.41 Å². The second-order valence-corrected chi connectivity index (χ2v) is 5.30. The second kappa shape index (κ2) is 3.19. The quantitative estimate of drug-likeness (QED) is 0.603. The molecule has 3 fully saturated rings. The summed E-state index contributed by atoms with van der Waals surface area (Å²) in [6.07, 6.45) is 6.95. The van der Waals surface area contributed by atoms with Crippen molar-refractivity contribution >= 4 is 0 Å². The Bertz CT molecular complexity index is 207. The molecule has 0 unspecified atom stereocenters. The van der Waals surface area contributed by atoms with Crippen LogP contribution in [-0.2, 0) is 4.74 Å². The van der Waals surface area contributed by atoms with Crippen molar-refractivity contribution in [2.75, 3.05) is 26.2 Å². The van der Waals surface area contributed by atoms with Crippen LogP contribution in [0.5, 0.6) is 0 Å². The summed E-state index contributed by atoms with van der Waals surface area (Å²) < 4.78 is 6.02. The van der Waals surface area contributed by atoms with Crippen molar-refractivity contribution in [2.45, 2.75) is 37.8 Å². The Labute approximate surface area is 85.6 Å². The third-order valence-electron chi connectivity index (χ3n) is 4.18. The van der Waals surface area contributed by atoms with Crippen molar-refractivity contribution < 1.29 is 4.74 Å². The van der Waals surface area contributed by atoms with Crippen LogP contribution >= 0.6 is 0 Å². The molecule has 80 valence electrons. The molecule has 0 aromatic carbocycles. The number of nitrogens with one attached hydrogen (secondary N) is 2. The molecule has 0 radical (unpaired) electrons. The van der Waals surface area contributed by atoms with E-state index in [0.29, 0.717) is 5.41 Å². The monoisotopic (exact) mass is 196 g/mol. The van der Waals surface area contributed by atoms with Gasteiger partial charge in [-0.05, 0) is 12.8 Å². The highest BCUT2D eigenvalue weighted by Gasteiger charge is 2.46. The van der Waals surface area contributed by atoms with Crippen LogP contribution in [0, 0.1) is 5.41 Å². The molecular formula is C11H20N2O. The summed E-state index contributed by atoms with van der Waals surface area (Å²) in [7, 11) is 0. The third kappa shape index (κ3) is 1.38. The Hall–Kier alpha value is -0.120. The lowest BCUT2D eigenvalue weighted by Crippen LogP contribution is -2.73. The largest absolute Gasteiger partial charge is 0.357 e. The molecule has 3 aliphatic rings. The van der Waals surface area contributed by atoms with Gasteiger partial charge in [-0.2, -0.15) is 0 Å². The molecule has 3 heteroatoms. The summed E-state index contributed by atoms with van der Waals surface area (Å²) in [5.74, 6) is 0. The lowest BCUT2D eigenvalue weighted by Gasteiger charge is -2.52. The fourth-order valence-corrected chi connectivity index (χ4v) is 2.94. The Kier molecular flexibility index (Phi) is 2.08. The van der Waals surface area contributed by atoms with E-state index in [4.69, 9.17) is 4.74 Å². The Morgan fingerprint density at radius 3 is 2.21 bits per heavy atom. The maximum absolute atomic E-state index is 6.02. The van der Waals surface area contributed by atoms with E-state index in [1.54, 1.807) is 0 Å². The van der Waals surface area contributed by atoms with Gasteiger partial charge in [-0.3, -0.25) is 5.32 Å². The average molecular weight is 196 g/mol. The summed E-state index contributed by atoms with van der Waals surface area (Å²) in [6, 6.07) is 0. The van der Waals surface area contributed by atoms with Gasteiger partial charge in [-0.25, -0.2) is 0 Å². The summed E-state index contributed by atoms with van der Waals surface area (Å²) in [6.45, 7) is 4.14. The van der Waals surface area contributed by atoms with Crippen LogP contribution in [0.1, 0.15) is 32.1 Å². The topological polar surface area (TPSA) is 33.3 Å². The lowest BCUT2D eigenvalue weighted by atomic mass is 9.73. The molecule has 2 spiro atoms. The maximum atomic E-state index is 6.02. The molecular weight excluding hydrogens is 176 g/mol. The van der Waals surface area contributed by atoms with Gasteiger partial charge in [0.05, 0.1) is 6.61 Å². The van der Waals surface area contributed by atoms with Crippen LogP contribution in [0.3, 0.4) is 0 Å². The van der Waals surface area contributed by atoms with Gasteiger partial charge in [-0.15, -0.1) is 0 Å². The van der Waals surface area contributed by atoms with Crippen LogP contribution in [-0.4, -0.2) is 32.0 Å². The van der Waals surface area contributed by atoms with Gasteiger partial charge in [0.15, 0.2) is 0 Å². The molecule has 3 nitrogen and oxygen atoms in total. The fourth-order valence-electron chi connectivity index (χ4n) is 2.94. The number of ether oxygens (including phenoxy) is 1. The molecule has 3 rings (SSSR count). The van der Waals surface area contributed by atoms with Crippen LogP contribution in [0.25, 0.3) is 0 Å². The average Bonchev–Trinajstić information content (AvgIpc) is 2.18. The zero-order valence-electron chi connectivity index (χ0n) is 8.77. The minimum absolute atomic E-state index is 0.0166. The van der Waals surface area contributed by atoms with Gasteiger partial charge in [0.2, 0.25) is 0 Å². The zero-order chi connectivity index (χ0) is 9.49. The number of hydrogen-bond acceptors (Lipinski definition) is 3. The predicted molar refractivity (Wildman–Crippen MR) is 55.1 cm³/mol. The molecule has 2 N–H and O–H groups in total. The molecule has 0 amide bonds. The van der Waals surface area contributed by atoms with Crippen molar-refractivity contribution in [3.8, 4) is 0 Å². The molecule has 0 bridgehead atoms. The van der Waals surface area contributed by atoms with E-state index >= 15 is 0 Å². The lowest BCUT2D eigenvalue weighted by molar-refractivity contribution is -0.175. The number of hydrogen-bond donors (Lipinski definition) is 2.